The highest BCUT2D eigenvalue weighted by Crippen LogP contribution is 2.37. The number of hydrogen-bond acceptors (Lipinski definition) is 4. The summed E-state index contributed by atoms with van der Waals surface area (Å²) in [6.07, 6.45) is -0.435. The number of nitrogens with zero attached hydrogens (tertiary/aromatic N) is 1. The summed E-state index contributed by atoms with van der Waals surface area (Å²) in [6.45, 7) is 4.00. The Bertz CT molecular complexity index is 1010. The van der Waals surface area contributed by atoms with Crippen LogP contribution in [0.3, 0.4) is 0 Å². The Labute approximate surface area is 190 Å². The van der Waals surface area contributed by atoms with Gasteiger partial charge in [0.05, 0.1) is 6.04 Å². The van der Waals surface area contributed by atoms with E-state index < -0.39 is 30.4 Å². The zero-order valence-corrected chi connectivity index (χ0v) is 19.0. The first kappa shape index (κ1) is 23.8. The third-order valence-electron chi connectivity index (χ3n) is 4.91. The number of halogens is 3. The fraction of sp³-hybridized carbons (Fsp3) is 0.391. The van der Waals surface area contributed by atoms with E-state index in [-0.39, 0.29) is 18.1 Å². The average Bonchev–Trinajstić information content (AvgIpc) is 2.67. The maximum atomic E-state index is 13.4. The average molecular weight is 467 g/mol. The maximum absolute atomic E-state index is 13.4. The Morgan fingerprint density at radius 3 is 2.59 bits per heavy atom. The highest BCUT2D eigenvalue weighted by molar-refractivity contribution is 6.31. The van der Waals surface area contributed by atoms with Crippen LogP contribution in [0.5, 0.6) is 5.75 Å². The van der Waals surface area contributed by atoms with Crippen molar-refractivity contribution in [2.75, 3.05) is 4.90 Å². The van der Waals surface area contributed by atoms with Crippen molar-refractivity contribution in [2.24, 2.45) is 0 Å². The van der Waals surface area contributed by atoms with Crippen LogP contribution in [0.2, 0.25) is 5.02 Å². The Hall–Kier alpha value is -2.87. The molecule has 1 aliphatic heterocycles. The van der Waals surface area contributed by atoms with Gasteiger partial charge in [0.1, 0.15) is 17.4 Å². The molecule has 2 amide bonds. The smallest absolute Gasteiger partial charge is 0.408 e. The lowest BCUT2D eigenvalue weighted by Gasteiger charge is -2.38. The molecule has 0 spiro atoms. The van der Waals surface area contributed by atoms with Crippen molar-refractivity contribution in [1.82, 2.24) is 5.32 Å². The number of amides is 2. The number of fused-ring (bicyclic) bond motifs is 1. The van der Waals surface area contributed by atoms with E-state index in [9.17, 15) is 18.4 Å². The van der Waals surface area contributed by atoms with E-state index >= 15 is 0 Å². The van der Waals surface area contributed by atoms with Gasteiger partial charge in [-0.3, -0.25) is 4.79 Å². The molecule has 2 atom stereocenters. The maximum Gasteiger partial charge on any atom is 0.408 e. The molecule has 0 fully saturated rings. The van der Waals surface area contributed by atoms with Gasteiger partial charge in [0.15, 0.2) is 0 Å². The van der Waals surface area contributed by atoms with Gasteiger partial charge in [0, 0.05) is 17.1 Å². The van der Waals surface area contributed by atoms with Crippen molar-refractivity contribution >= 4 is 29.3 Å². The summed E-state index contributed by atoms with van der Waals surface area (Å²) in [7, 11) is 0. The summed E-state index contributed by atoms with van der Waals surface area (Å²) in [6, 6.07) is 9.93. The van der Waals surface area contributed by atoms with E-state index in [0.717, 1.165) is 5.56 Å². The lowest BCUT2D eigenvalue weighted by atomic mass is 9.94. The van der Waals surface area contributed by atoms with Crippen LogP contribution in [0.25, 0.3) is 0 Å². The van der Waals surface area contributed by atoms with Crippen LogP contribution in [-0.4, -0.2) is 30.3 Å². The molecule has 0 unspecified atom stereocenters. The molecule has 0 saturated carbocycles. The Morgan fingerprint density at radius 1 is 1.22 bits per heavy atom. The molecule has 3 rings (SSSR count). The molecule has 1 N–H and O–H groups in total. The molecule has 172 valence electrons. The molecule has 2 aromatic carbocycles. The van der Waals surface area contributed by atoms with Crippen molar-refractivity contribution in [2.45, 2.75) is 58.4 Å². The van der Waals surface area contributed by atoms with Crippen LogP contribution in [0.15, 0.2) is 42.5 Å². The topological polar surface area (TPSA) is 67.9 Å². The number of benzene rings is 2. The lowest BCUT2D eigenvalue weighted by Crippen LogP contribution is -2.54. The standard InChI is InChI=1S/C23H25ClF2N2O4/c1-13(14-6-5-7-17(10-14)31-21(25)26)28-19-12-16(24)9-8-15(19)11-18(20(28)29)27-22(30)32-23(2,3)4/h5-10,12-13,18,21H,11H2,1-4H3,(H,27,30)/t13-,18+/m0/s1. The summed E-state index contributed by atoms with van der Waals surface area (Å²) >= 11 is 6.19. The largest absolute Gasteiger partial charge is 0.444 e. The molecule has 0 aliphatic carbocycles. The Balaban J connectivity index is 1.95. The van der Waals surface area contributed by atoms with Crippen molar-refractivity contribution in [3.63, 3.8) is 0 Å². The Morgan fingerprint density at radius 2 is 1.94 bits per heavy atom. The molecule has 0 saturated heterocycles. The third-order valence-corrected chi connectivity index (χ3v) is 5.15. The molecule has 0 radical (unpaired) electrons. The van der Waals surface area contributed by atoms with E-state index in [1.54, 1.807) is 58.0 Å². The van der Waals surface area contributed by atoms with E-state index in [4.69, 9.17) is 16.3 Å². The van der Waals surface area contributed by atoms with Gasteiger partial charge in [-0.25, -0.2) is 4.79 Å². The number of ether oxygens (including phenoxy) is 2. The third kappa shape index (κ3) is 5.68. The van der Waals surface area contributed by atoms with Gasteiger partial charge in [-0.15, -0.1) is 0 Å². The second-order valence-electron chi connectivity index (χ2n) is 8.51. The van der Waals surface area contributed by atoms with E-state index in [0.29, 0.717) is 16.3 Å². The SMILES string of the molecule is C[C@@H](c1cccc(OC(F)F)c1)N1C(=O)[C@H](NC(=O)OC(C)(C)C)Cc2ccc(Cl)cc21. The summed E-state index contributed by atoms with van der Waals surface area (Å²) in [5.41, 5.74) is 1.27. The lowest BCUT2D eigenvalue weighted by molar-refractivity contribution is -0.121. The first-order valence-electron chi connectivity index (χ1n) is 10.1. The molecule has 9 heteroatoms. The van der Waals surface area contributed by atoms with Crippen molar-refractivity contribution < 1.29 is 27.8 Å². The number of anilines is 1. The number of alkyl halides is 2. The predicted octanol–water partition coefficient (Wildman–Crippen LogP) is 5.49. The van der Waals surface area contributed by atoms with Crippen LogP contribution in [0.1, 0.15) is 44.9 Å². The molecular weight excluding hydrogens is 442 g/mol. The van der Waals surface area contributed by atoms with Gasteiger partial charge in [-0.1, -0.05) is 29.8 Å². The van der Waals surface area contributed by atoms with E-state index in [1.807, 2.05) is 0 Å². The number of carbonyl (C=O) groups excluding carboxylic acids is 2. The van der Waals surface area contributed by atoms with E-state index in [1.165, 1.54) is 17.0 Å². The number of rotatable bonds is 5. The van der Waals surface area contributed by atoms with Crippen LogP contribution in [0.4, 0.5) is 19.3 Å². The number of alkyl carbamates (subject to hydrolysis) is 1. The summed E-state index contributed by atoms with van der Waals surface area (Å²) < 4.78 is 35.1. The van der Waals surface area contributed by atoms with Crippen molar-refractivity contribution in [3.05, 3.63) is 58.6 Å². The number of carbonyl (C=O) groups is 2. The van der Waals surface area contributed by atoms with Crippen LogP contribution in [0, 0.1) is 0 Å². The molecule has 0 bridgehead atoms. The van der Waals surface area contributed by atoms with Crippen LogP contribution < -0.4 is 15.0 Å². The Kier molecular flexibility index (Phi) is 6.93. The highest BCUT2D eigenvalue weighted by atomic mass is 35.5. The fourth-order valence-corrected chi connectivity index (χ4v) is 3.76. The molecule has 1 heterocycles. The molecule has 1 aliphatic rings. The zero-order chi connectivity index (χ0) is 23.6. The molecular formula is C23H25ClF2N2O4. The van der Waals surface area contributed by atoms with Gasteiger partial charge < -0.3 is 19.7 Å². The molecule has 0 aromatic heterocycles. The molecule has 32 heavy (non-hydrogen) atoms. The number of hydrogen-bond donors (Lipinski definition) is 1. The first-order valence-corrected chi connectivity index (χ1v) is 10.5. The van der Waals surface area contributed by atoms with Gasteiger partial charge >= 0.3 is 12.7 Å². The van der Waals surface area contributed by atoms with Gasteiger partial charge in [-0.2, -0.15) is 8.78 Å². The minimum Gasteiger partial charge on any atom is -0.444 e. The fourth-order valence-electron chi connectivity index (χ4n) is 3.59. The second kappa shape index (κ2) is 9.32. The number of nitrogens with one attached hydrogen (secondary N) is 1. The van der Waals surface area contributed by atoms with Gasteiger partial charge in [0.25, 0.3) is 5.91 Å². The summed E-state index contributed by atoms with van der Waals surface area (Å²) in [4.78, 5) is 27.3. The minimum absolute atomic E-state index is 0.0106. The monoisotopic (exact) mass is 466 g/mol. The summed E-state index contributed by atoms with van der Waals surface area (Å²) in [5.74, 6) is -0.373. The molecule has 2 aromatic rings. The first-order chi connectivity index (χ1) is 14.9. The second-order valence-corrected chi connectivity index (χ2v) is 8.95. The zero-order valence-electron chi connectivity index (χ0n) is 18.2. The van der Waals surface area contributed by atoms with Crippen molar-refractivity contribution in [1.29, 1.82) is 0 Å². The van der Waals surface area contributed by atoms with Gasteiger partial charge in [-0.05, 0) is 63.1 Å². The van der Waals surface area contributed by atoms with Gasteiger partial charge in [0.2, 0.25) is 0 Å². The summed E-state index contributed by atoms with van der Waals surface area (Å²) in [5, 5.41) is 3.09. The van der Waals surface area contributed by atoms with Crippen LogP contribution >= 0.6 is 11.6 Å². The minimum atomic E-state index is -2.96. The normalized spacial score (nSPS) is 17.1. The van der Waals surface area contributed by atoms with E-state index in [2.05, 4.69) is 10.1 Å². The quantitative estimate of drug-likeness (QED) is 0.633. The molecule has 6 nitrogen and oxygen atoms in total. The van der Waals surface area contributed by atoms with Crippen LogP contribution in [-0.2, 0) is 16.0 Å². The highest BCUT2D eigenvalue weighted by Gasteiger charge is 2.37. The van der Waals surface area contributed by atoms with Crippen molar-refractivity contribution in [3.8, 4) is 5.75 Å². The predicted molar refractivity (Wildman–Crippen MR) is 117 cm³/mol.